The molecule has 4 radical (unpaired) electrons. The number of pyridine rings is 1. The van der Waals surface area contributed by atoms with Crippen LogP contribution in [0.5, 0.6) is 0 Å². The molecule has 7 heteroatoms. The topological polar surface area (TPSA) is 38.7 Å². The molecule has 3 nitrogen and oxygen atoms in total. The van der Waals surface area contributed by atoms with Crippen molar-refractivity contribution in [2.45, 2.75) is 88.5 Å². The molecule has 0 N–H and O–H groups in total. The van der Waals surface area contributed by atoms with Crippen LogP contribution in [0.2, 0.25) is 0 Å². The largest absolute Gasteiger partial charge is 0.358 e. The van der Waals surface area contributed by atoms with Gasteiger partial charge >= 0.3 is 0 Å². The number of benzene rings is 2. The Labute approximate surface area is 414 Å². The molecule has 0 unspecified atom stereocenters. The molecule has 2 aromatic heterocycles. The molecule has 2 aromatic carbocycles. The quantitative estimate of drug-likeness (QED) is 0.178. The number of fused-ring (bicyclic) bond motifs is 1. The molecule has 0 aliphatic heterocycles. The smallest absolute Gasteiger partial charge is 0.0451 e. The van der Waals surface area contributed by atoms with Crippen LogP contribution in [0.4, 0.5) is 0 Å². The number of hydrogen-bond acceptors (Lipinski definition) is 3. The Bertz CT molecular complexity index is 987. The average molecular weight is 986 g/mol. The first-order valence-corrected chi connectivity index (χ1v) is 15.3. The van der Waals surface area contributed by atoms with E-state index in [2.05, 4.69) is 152 Å². The van der Waals surface area contributed by atoms with E-state index in [0.717, 1.165) is 24.2 Å². The van der Waals surface area contributed by atoms with Crippen molar-refractivity contribution in [2.24, 2.45) is 17.8 Å². The van der Waals surface area contributed by atoms with Crippen LogP contribution in [0.15, 0.2) is 116 Å². The molecule has 274 valence electrons. The Balaban J connectivity index is -0.0000000466. The summed E-state index contributed by atoms with van der Waals surface area (Å²) in [6.45, 7) is 23.9. The third-order valence-corrected chi connectivity index (χ3v) is 4.20. The molecule has 0 saturated carbocycles. The van der Waals surface area contributed by atoms with Gasteiger partial charge < -0.3 is 29.7 Å². The minimum absolute atomic E-state index is 0. The molecule has 0 fully saturated rings. The summed E-state index contributed by atoms with van der Waals surface area (Å²) in [5.41, 5.74) is 4.26. The zero-order chi connectivity index (χ0) is 32.0. The van der Waals surface area contributed by atoms with E-state index in [9.17, 15) is 0 Å². The van der Waals surface area contributed by atoms with Crippen LogP contribution in [0.3, 0.4) is 0 Å². The summed E-state index contributed by atoms with van der Waals surface area (Å²) in [6.07, 6.45) is 15.6. The summed E-state index contributed by atoms with van der Waals surface area (Å²) < 4.78 is 0. The van der Waals surface area contributed by atoms with Gasteiger partial charge in [-0.15, -0.1) is 0 Å². The van der Waals surface area contributed by atoms with Crippen LogP contribution in [0.25, 0.3) is 6.08 Å². The molecule has 0 spiro atoms. The number of hydrogen-bond donors (Lipinski definition) is 0. The van der Waals surface area contributed by atoms with Crippen molar-refractivity contribution in [3.63, 3.8) is 0 Å². The summed E-state index contributed by atoms with van der Waals surface area (Å²) in [5, 5.41) is 0. The molecule has 5 rings (SSSR count). The molecule has 2 heterocycles. The zero-order valence-corrected chi connectivity index (χ0v) is 46.1. The van der Waals surface area contributed by atoms with Gasteiger partial charge in [-0.05, 0) is 58.9 Å². The van der Waals surface area contributed by atoms with E-state index < -0.39 is 0 Å². The van der Waals surface area contributed by atoms with Gasteiger partial charge in [0.25, 0.3) is 0 Å². The van der Waals surface area contributed by atoms with Crippen molar-refractivity contribution in [1.29, 1.82) is 0 Å². The van der Waals surface area contributed by atoms with Gasteiger partial charge in [0.2, 0.25) is 0 Å². The number of allylic oxidation sites excluding steroid dienone is 1. The average Bonchev–Trinajstić information content (AvgIpc) is 3.45. The van der Waals surface area contributed by atoms with Gasteiger partial charge in [-0.3, -0.25) is 15.0 Å². The first kappa shape index (κ1) is 75.7. The first-order chi connectivity index (χ1) is 20.0. The second-order valence-corrected chi connectivity index (χ2v) is 12.0. The van der Waals surface area contributed by atoms with E-state index in [1.54, 1.807) is 37.2 Å². The fourth-order valence-electron chi connectivity index (χ4n) is 2.60. The first-order valence-electron chi connectivity index (χ1n) is 15.3. The van der Waals surface area contributed by atoms with Crippen LogP contribution in [-0.2, 0) is 137 Å². The van der Waals surface area contributed by atoms with Crippen molar-refractivity contribution >= 4 is 6.08 Å². The maximum Gasteiger partial charge on any atom is 0.0451 e. The molecule has 0 saturated heterocycles. The van der Waals surface area contributed by atoms with E-state index in [-0.39, 0.29) is 161 Å². The Morgan fingerprint density at radius 2 is 0.740 bits per heavy atom. The van der Waals surface area contributed by atoms with E-state index in [1.165, 1.54) is 16.7 Å². The molecule has 1 aliphatic carbocycles. The van der Waals surface area contributed by atoms with E-state index in [4.69, 9.17) is 0 Å². The number of nitrogens with zero attached hydrogens (tertiary/aromatic N) is 3. The maximum atomic E-state index is 3.78. The molecule has 0 amide bonds. The third-order valence-electron chi connectivity index (χ3n) is 4.20. The van der Waals surface area contributed by atoms with Gasteiger partial charge in [0, 0.05) is 168 Å². The van der Waals surface area contributed by atoms with Crippen LogP contribution in [-0.4, -0.2) is 15.0 Å². The second-order valence-electron chi connectivity index (χ2n) is 12.0. The SMILES string of the molecule is C1=Cc2ccccc2C1.CC(C)C.CC(C)C.CC(C)C.CC(C)c1ccccc1.[CH3-].[CH3-].[CH3-].[CH3-].[Y].[Y].[Y].[Y].c1ccncc1.c1cnccn1. The predicted molar refractivity (Wildman–Crippen MR) is 213 cm³/mol. The van der Waals surface area contributed by atoms with Crippen molar-refractivity contribution < 1.29 is 131 Å². The zero-order valence-electron chi connectivity index (χ0n) is 34.7. The van der Waals surface area contributed by atoms with Gasteiger partial charge in [-0.2, -0.15) is 0 Å². The Morgan fingerprint density at radius 1 is 0.420 bits per heavy atom. The van der Waals surface area contributed by atoms with Crippen LogP contribution in [0.1, 0.15) is 98.8 Å². The third kappa shape index (κ3) is 63.8. The van der Waals surface area contributed by atoms with E-state index in [1.807, 2.05) is 24.3 Å². The number of rotatable bonds is 1. The van der Waals surface area contributed by atoms with Crippen LogP contribution in [0, 0.1) is 47.5 Å². The predicted octanol–water partition coefficient (Wildman–Crippen LogP) is 13.4. The van der Waals surface area contributed by atoms with Gasteiger partial charge in [-0.25, -0.2) is 0 Å². The van der Waals surface area contributed by atoms with Crippen molar-refractivity contribution in [1.82, 2.24) is 15.0 Å². The minimum Gasteiger partial charge on any atom is -0.358 e. The maximum absolute atomic E-state index is 3.78. The molecular weight excluding hydrogens is 914 g/mol. The normalized spacial score (nSPS) is 8.38. The summed E-state index contributed by atoms with van der Waals surface area (Å²) in [7, 11) is 0. The Hall–Kier alpha value is 0.826. The Kier molecular flexibility index (Phi) is 85.6. The van der Waals surface area contributed by atoms with Crippen molar-refractivity contribution in [3.8, 4) is 0 Å². The molecular formula is C43H71N3Y4-4. The summed E-state index contributed by atoms with van der Waals surface area (Å²) in [4.78, 5) is 11.2. The fourth-order valence-corrected chi connectivity index (χ4v) is 2.60. The Morgan fingerprint density at radius 3 is 1.00 bits per heavy atom. The standard InChI is InChI=1S/C9H8.C9H12.C5H5N.C4H4N2.3C4H10.4CH3.4Y/c1-2-5-9-7-3-6-8(9)4-1;1-8(2)9-6-4-3-5-7-9;1-2-4-6-5-3-1;1-2-6-4-3-5-1;3*1-4(2)3;;;;;;;;/h1-6H,7H2;3-8H,1-2H3;1-5H;1-4H;3*4H,1-3H3;4*1H3;;;;/q;;;;;;;4*-1;;;;. The number of aromatic nitrogens is 3. The van der Waals surface area contributed by atoms with Gasteiger partial charge in [0.1, 0.15) is 0 Å². The van der Waals surface area contributed by atoms with Crippen molar-refractivity contribution in [2.75, 3.05) is 0 Å². The molecule has 4 aromatic rings. The van der Waals surface area contributed by atoms with Gasteiger partial charge in [0.15, 0.2) is 0 Å². The molecule has 0 atom stereocenters. The van der Waals surface area contributed by atoms with E-state index in [0.29, 0.717) is 5.92 Å². The van der Waals surface area contributed by atoms with Crippen LogP contribution >= 0.6 is 0 Å². The van der Waals surface area contributed by atoms with Crippen molar-refractivity contribution in [3.05, 3.63) is 162 Å². The van der Waals surface area contributed by atoms with Crippen LogP contribution < -0.4 is 0 Å². The summed E-state index contributed by atoms with van der Waals surface area (Å²) in [6, 6.07) is 24.7. The van der Waals surface area contributed by atoms with Gasteiger partial charge in [-0.1, -0.05) is 149 Å². The summed E-state index contributed by atoms with van der Waals surface area (Å²) in [5.74, 6) is 3.16. The monoisotopic (exact) mass is 985 g/mol. The van der Waals surface area contributed by atoms with Gasteiger partial charge in [0.05, 0.1) is 0 Å². The molecule has 1 aliphatic rings. The van der Waals surface area contributed by atoms with E-state index >= 15 is 0 Å². The second kappa shape index (κ2) is 56.6. The minimum atomic E-state index is 0. The fraction of sp³-hybridized carbons (Fsp3) is 0.372. The molecule has 0 bridgehead atoms. The molecule has 50 heavy (non-hydrogen) atoms. The summed E-state index contributed by atoms with van der Waals surface area (Å²) >= 11 is 0.